The molecular formula is C11H17N5O2S. The molecule has 0 fully saturated rings. The summed E-state index contributed by atoms with van der Waals surface area (Å²) in [5.74, 6) is 6.21. The lowest BCUT2D eigenvalue weighted by molar-refractivity contribution is 0.203. The maximum Gasteiger partial charge on any atom is 0.240 e. The van der Waals surface area contributed by atoms with Crippen molar-refractivity contribution >= 4 is 33.3 Å². The van der Waals surface area contributed by atoms with Gasteiger partial charge in [0.2, 0.25) is 5.95 Å². The number of anilines is 2. The van der Waals surface area contributed by atoms with E-state index in [0.717, 1.165) is 16.6 Å². The molecule has 0 atom stereocenters. The second-order valence-electron chi connectivity index (χ2n) is 4.03. The summed E-state index contributed by atoms with van der Waals surface area (Å²) in [5.41, 5.74) is 2.42. The molecule has 0 bridgehead atoms. The molecule has 2 aromatic rings. The van der Waals surface area contributed by atoms with Crippen LogP contribution in [0.5, 0.6) is 0 Å². The van der Waals surface area contributed by atoms with Gasteiger partial charge in [-0.15, -0.1) is 11.3 Å². The van der Waals surface area contributed by atoms with Crippen molar-refractivity contribution in [2.45, 2.75) is 19.4 Å². The lowest BCUT2D eigenvalue weighted by atomic mass is 10.2. The highest BCUT2D eigenvalue weighted by molar-refractivity contribution is 7.18. The molecule has 0 spiro atoms. The molecule has 0 amide bonds. The Hall–Kier alpha value is -1.48. The van der Waals surface area contributed by atoms with E-state index >= 15 is 0 Å². The summed E-state index contributed by atoms with van der Waals surface area (Å²) in [6.45, 7) is 1.70. The summed E-state index contributed by atoms with van der Waals surface area (Å²) in [6, 6.07) is 1.54. The van der Waals surface area contributed by atoms with E-state index in [0.29, 0.717) is 11.8 Å². The van der Waals surface area contributed by atoms with Crippen molar-refractivity contribution in [2.24, 2.45) is 5.84 Å². The number of aryl methyl sites for hydroxylation is 1. The highest BCUT2D eigenvalue weighted by atomic mass is 32.1. The van der Waals surface area contributed by atoms with Crippen molar-refractivity contribution in [1.82, 2.24) is 9.97 Å². The standard InChI is InChI=1S/C11H17N5O2S/c1-2-7-3-8-9(13-6(4-17)5-18)14-11(16-12)15-10(8)19-7/h3,6,17-18H,2,4-5,12H2,1H3,(H2,13,14,15,16). The van der Waals surface area contributed by atoms with Gasteiger partial charge in [0, 0.05) is 4.88 Å². The first kappa shape index (κ1) is 13.9. The number of aliphatic hydroxyl groups excluding tert-OH is 2. The second-order valence-corrected chi connectivity index (χ2v) is 5.15. The van der Waals surface area contributed by atoms with E-state index in [9.17, 15) is 0 Å². The lowest BCUT2D eigenvalue weighted by Gasteiger charge is -2.15. The topological polar surface area (TPSA) is 116 Å². The molecule has 6 N–H and O–H groups in total. The Balaban J connectivity index is 2.46. The van der Waals surface area contributed by atoms with Crippen LogP contribution in [0.4, 0.5) is 11.8 Å². The Kier molecular flexibility index (Phi) is 4.48. The number of rotatable bonds is 6. The van der Waals surface area contributed by atoms with E-state index in [-0.39, 0.29) is 13.2 Å². The molecular weight excluding hydrogens is 266 g/mol. The minimum atomic E-state index is -0.464. The number of fused-ring (bicyclic) bond motifs is 1. The highest BCUT2D eigenvalue weighted by Crippen LogP contribution is 2.30. The molecule has 0 unspecified atom stereocenters. The molecule has 0 aliphatic rings. The van der Waals surface area contributed by atoms with Gasteiger partial charge >= 0.3 is 0 Å². The van der Waals surface area contributed by atoms with Gasteiger partial charge in [-0.1, -0.05) is 6.92 Å². The number of nitrogens with one attached hydrogen (secondary N) is 2. The normalized spacial score (nSPS) is 11.2. The molecule has 2 rings (SSSR count). The van der Waals surface area contributed by atoms with E-state index in [1.165, 1.54) is 4.88 Å². The van der Waals surface area contributed by atoms with Crippen LogP contribution in [-0.2, 0) is 6.42 Å². The zero-order chi connectivity index (χ0) is 13.8. The van der Waals surface area contributed by atoms with Crippen LogP contribution < -0.4 is 16.6 Å². The third-order valence-electron chi connectivity index (χ3n) is 2.70. The molecule has 0 aromatic carbocycles. The molecule has 0 radical (unpaired) electrons. The van der Waals surface area contributed by atoms with Crippen molar-refractivity contribution in [1.29, 1.82) is 0 Å². The fourth-order valence-electron chi connectivity index (χ4n) is 1.66. The first-order valence-electron chi connectivity index (χ1n) is 5.97. The largest absolute Gasteiger partial charge is 0.394 e. The summed E-state index contributed by atoms with van der Waals surface area (Å²) >= 11 is 1.57. The quantitative estimate of drug-likeness (QED) is 0.382. The number of hydrogen-bond donors (Lipinski definition) is 5. The zero-order valence-electron chi connectivity index (χ0n) is 10.6. The summed E-state index contributed by atoms with van der Waals surface area (Å²) in [4.78, 5) is 10.5. The van der Waals surface area contributed by atoms with Crippen LogP contribution in [0, 0.1) is 0 Å². The van der Waals surface area contributed by atoms with Gasteiger partial charge in [0.05, 0.1) is 24.6 Å². The molecule has 8 heteroatoms. The smallest absolute Gasteiger partial charge is 0.240 e. The van der Waals surface area contributed by atoms with Crippen LogP contribution in [0.2, 0.25) is 0 Å². The predicted molar refractivity (Wildman–Crippen MR) is 76.2 cm³/mol. The van der Waals surface area contributed by atoms with Gasteiger partial charge in [-0.3, -0.25) is 5.43 Å². The molecule has 0 saturated heterocycles. The van der Waals surface area contributed by atoms with Crippen LogP contribution >= 0.6 is 11.3 Å². The van der Waals surface area contributed by atoms with Gasteiger partial charge in [-0.2, -0.15) is 4.98 Å². The van der Waals surface area contributed by atoms with Crippen molar-refractivity contribution in [3.63, 3.8) is 0 Å². The van der Waals surface area contributed by atoms with Gasteiger partial charge in [0.25, 0.3) is 0 Å². The predicted octanol–water partition coefficient (Wildman–Crippen LogP) is 0.304. The van der Waals surface area contributed by atoms with Crippen molar-refractivity contribution in [3.8, 4) is 0 Å². The Labute approximate surface area is 114 Å². The average Bonchev–Trinajstić information content (AvgIpc) is 2.87. The summed E-state index contributed by atoms with van der Waals surface area (Å²) < 4.78 is 0. The Morgan fingerprint density at radius 1 is 1.37 bits per heavy atom. The third-order valence-corrected chi connectivity index (χ3v) is 3.88. The summed E-state index contributed by atoms with van der Waals surface area (Å²) in [5, 5.41) is 22.1. The molecule has 0 aliphatic carbocycles. The van der Waals surface area contributed by atoms with Gasteiger partial charge < -0.3 is 15.5 Å². The van der Waals surface area contributed by atoms with Crippen LogP contribution in [0.1, 0.15) is 11.8 Å². The zero-order valence-corrected chi connectivity index (χ0v) is 11.4. The first-order chi connectivity index (χ1) is 9.21. The molecule has 104 valence electrons. The average molecular weight is 283 g/mol. The molecule has 7 nitrogen and oxygen atoms in total. The summed E-state index contributed by atoms with van der Waals surface area (Å²) in [7, 11) is 0. The van der Waals surface area contributed by atoms with Crippen molar-refractivity contribution in [3.05, 3.63) is 10.9 Å². The summed E-state index contributed by atoms with van der Waals surface area (Å²) in [6.07, 6.45) is 0.912. The van der Waals surface area contributed by atoms with Crippen molar-refractivity contribution in [2.75, 3.05) is 24.0 Å². The number of nitrogens with zero attached hydrogens (tertiary/aromatic N) is 2. The van der Waals surface area contributed by atoms with Crippen molar-refractivity contribution < 1.29 is 10.2 Å². The second kappa shape index (κ2) is 6.11. The van der Waals surface area contributed by atoms with Crippen LogP contribution in [0.3, 0.4) is 0 Å². The molecule has 2 heterocycles. The fraction of sp³-hybridized carbons (Fsp3) is 0.455. The molecule has 0 aliphatic heterocycles. The molecule has 0 saturated carbocycles. The number of aromatic nitrogens is 2. The maximum absolute atomic E-state index is 9.13. The van der Waals surface area contributed by atoms with E-state index in [1.54, 1.807) is 11.3 Å². The van der Waals surface area contributed by atoms with Crippen LogP contribution in [0.15, 0.2) is 6.07 Å². The number of aliphatic hydroxyl groups is 2. The monoisotopic (exact) mass is 283 g/mol. The van der Waals surface area contributed by atoms with Crippen LogP contribution in [0.25, 0.3) is 10.2 Å². The number of hydrazine groups is 1. The number of thiophene rings is 1. The minimum Gasteiger partial charge on any atom is -0.394 e. The fourth-order valence-corrected chi connectivity index (χ4v) is 2.63. The Morgan fingerprint density at radius 2 is 2.11 bits per heavy atom. The van der Waals surface area contributed by atoms with Gasteiger partial charge in [0.15, 0.2) is 0 Å². The number of nitrogens with two attached hydrogens (primary N) is 1. The minimum absolute atomic E-state index is 0.182. The maximum atomic E-state index is 9.13. The van der Waals surface area contributed by atoms with Gasteiger partial charge in [0.1, 0.15) is 10.6 Å². The first-order valence-corrected chi connectivity index (χ1v) is 6.78. The number of nitrogen functional groups attached to an aromatic ring is 1. The highest BCUT2D eigenvalue weighted by Gasteiger charge is 2.14. The van der Waals surface area contributed by atoms with E-state index in [4.69, 9.17) is 16.1 Å². The SMILES string of the molecule is CCc1cc2c(NC(CO)CO)nc(NN)nc2s1. The van der Waals surface area contributed by atoms with E-state index in [1.807, 2.05) is 6.07 Å². The van der Waals surface area contributed by atoms with E-state index in [2.05, 4.69) is 27.6 Å². The Bertz CT molecular complexity index is 555. The van der Waals surface area contributed by atoms with Gasteiger partial charge in [-0.05, 0) is 12.5 Å². The molecule has 19 heavy (non-hydrogen) atoms. The molecule has 2 aromatic heterocycles. The third kappa shape index (κ3) is 2.92. The lowest BCUT2D eigenvalue weighted by Crippen LogP contribution is -2.28. The Morgan fingerprint density at radius 3 is 2.68 bits per heavy atom. The van der Waals surface area contributed by atoms with Gasteiger partial charge in [-0.25, -0.2) is 10.8 Å². The van der Waals surface area contributed by atoms with E-state index < -0.39 is 6.04 Å². The number of hydrogen-bond acceptors (Lipinski definition) is 8. The van der Waals surface area contributed by atoms with Crippen LogP contribution in [-0.4, -0.2) is 39.4 Å².